The average molecular weight is 388 g/mol. The van der Waals surface area contributed by atoms with E-state index in [0.717, 1.165) is 12.1 Å². The summed E-state index contributed by atoms with van der Waals surface area (Å²) in [5, 5.41) is 0. The minimum atomic E-state index is -3.66. The zero-order chi connectivity index (χ0) is 18.9. The number of fused-ring (bicyclic) bond motifs is 1. The van der Waals surface area contributed by atoms with Gasteiger partial charge in [0.25, 0.3) is 6.01 Å². The van der Waals surface area contributed by atoms with Crippen molar-refractivity contribution in [1.29, 1.82) is 0 Å². The van der Waals surface area contributed by atoms with E-state index in [2.05, 4.69) is 19.7 Å². The van der Waals surface area contributed by atoms with E-state index in [-0.39, 0.29) is 0 Å². The summed E-state index contributed by atoms with van der Waals surface area (Å²) in [5.74, 6) is 0.335. The second kappa shape index (κ2) is 7.12. The highest BCUT2D eigenvalue weighted by atomic mass is 32.2. The molecule has 0 amide bonds. The van der Waals surface area contributed by atoms with Crippen molar-refractivity contribution in [3.8, 4) is 0 Å². The molecule has 27 heavy (non-hydrogen) atoms. The quantitative estimate of drug-likeness (QED) is 0.709. The van der Waals surface area contributed by atoms with Gasteiger partial charge in [-0.1, -0.05) is 13.0 Å². The molecule has 1 N–H and O–H groups in total. The molecule has 3 aromatic rings. The van der Waals surface area contributed by atoms with Gasteiger partial charge in [0.05, 0.1) is 0 Å². The number of piperazine rings is 1. The van der Waals surface area contributed by atoms with E-state index in [1.54, 1.807) is 30.5 Å². The van der Waals surface area contributed by atoms with Crippen LogP contribution in [0.4, 0.5) is 11.8 Å². The third-order valence-electron chi connectivity index (χ3n) is 4.41. The van der Waals surface area contributed by atoms with Gasteiger partial charge in [0.2, 0.25) is 5.65 Å². The first-order valence-corrected chi connectivity index (χ1v) is 10.2. The minimum absolute atomic E-state index is 0.328. The topological polar surface area (TPSA) is 104 Å². The van der Waals surface area contributed by atoms with Crippen LogP contribution in [0.1, 0.15) is 12.6 Å². The summed E-state index contributed by atoms with van der Waals surface area (Å²) in [6.07, 6.45) is 2.40. The Morgan fingerprint density at radius 3 is 2.67 bits per heavy atom. The van der Waals surface area contributed by atoms with Crippen molar-refractivity contribution < 1.29 is 12.8 Å². The van der Waals surface area contributed by atoms with Crippen LogP contribution in [0.2, 0.25) is 0 Å². The molecule has 1 aliphatic heterocycles. The maximum absolute atomic E-state index is 12.6. The molecule has 1 aliphatic rings. The molecule has 1 saturated heterocycles. The summed E-state index contributed by atoms with van der Waals surface area (Å²) < 4.78 is 35.0. The van der Waals surface area contributed by atoms with Gasteiger partial charge in [-0.3, -0.25) is 4.72 Å². The Kier molecular flexibility index (Phi) is 4.66. The first-order valence-electron chi connectivity index (χ1n) is 8.75. The van der Waals surface area contributed by atoms with E-state index in [1.165, 1.54) is 4.31 Å². The molecule has 1 fully saturated rings. The molecule has 4 heterocycles. The van der Waals surface area contributed by atoms with Crippen molar-refractivity contribution >= 4 is 33.3 Å². The molecule has 0 aromatic carbocycles. The summed E-state index contributed by atoms with van der Waals surface area (Å²) in [5.41, 5.74) is 2.00. The van der Waals surface area contributed by atoms with Crippen molar-refractivity contribution in [2.45, 2.75) is 13.3 Å². The first kappa shape index (κ1) is 17.7. The van der Waals surface area contributed by atoms with Gasteiger partial charge >= 0.3 is 10.2 Å². The number of aryl methyl sites for hydroxylation is 1. The van der Waals surface area contributed by atoms with Gasteiger partial charge in [0.1, 0.15) is 5.82 Å². The number of pyridine rings is 2. The predicted octanol–water partition coefficient (Wildman–Crippen LogP) is 1.66. The van der Waals surface area contributed by atoms with Gasteiger partial charge in [-0.15, -0.1) is 0 Å². The van der Waals surface area contributed by atoms with Gasteiger partial charge in [0.15, 0.2) is 5.58 Å². The van der Waals surface area contributed by atoms with Crippen LogP contribution in [-0.2, 0) is 16.6 Å². The maximum Gasteiger partial charge on any atom is 0.302 e. The largest absolute Gasteiger partial charge is 0.422 e. The minimum Gasteiger partial charge on any atom is -0.422 e. The SMILES string of the molecule is CCc1cccc(NS(=O)(=O)N2CCN(c3nc4ncccc4o3)CC2)n1. The zero-order valence-corrected chi connectivity index (χ0v) is 15.7. The smallest absolute Gasteiger partial charge is 0.302 e. The second-order valence-electron chi connectivity index (χ2n) is 6.18. The molecule has 0 bridgehead atoms. The molecule has 0 radical (unpaired) electrons. The van der Waals surface area contributed by atoms with Crippen LogP contribution in [-0.4, -0.2) is 53.9 Å². The monoisotopic (exact) mass is 388 g/mol. The summed E-state index contributed by atoms with van der Waals surface area (Å²) in [4.78, 5) is 14.7. The van der Waals surface area contributed by atoms with Crippen LogP contribution < -0.4 is 9.62 Å². The molecule has 4 rings (SSSR count). The molecule has 0 saturated carbocycles. The standard InChI is InChI=1S/C17H20N6O3S/c1-2-13-5-3-7-15(19-13)21-27(24,25)23-11-9-22(10-12-23)17-20-16-14(26-17)6-4-8-18-16/h3-8H,2,9-12H2,1H3,(H,19,21). The number of aromatic nitrogens is 3. The third kappa shape index (κ3) is 3.71. The van der Waals surface area contributed by atoms with Gasteiger partial charge in [0, 0.05) is 38.1 Å². The summed E-state index contributed by atoms with van der Waals surface area (Å²) in [6.45, 7) is 3.59. The Morgan fingerprint density at radius 1 is 1.11 bits per heavy atom. The van der Waals surface area contributed by atoms with E-state index < -0.39 is 10.2 Å². The van der Waals surface area contributed by atoms with Crippen LogP contribution >= 0.6 is 0 Å². The molecular weight excluding hydrogens is 368 g/mol. The maximum atomic E-state index is 12.6. The molecule has 10 heteroatoms. The first-order chi connectivity index (χ1) is 13.0. The predicted molar refractivity (Wildman–Crippen MR) is 102 cm³/mol. The summed E-state index contributed by atoms with van der Waals surface area (Å²) in [7, 11) is -3.66. The lowest BCUT2D eigenvalue weighted by Crippen LogP contribution is -2.50. The summed E-state index contributed by atoms with van der Waals surface area (Å²) >= 11 is 0. The van der Waals surface area contributed by atoms with Gasteiger partial charge in [-0.25, -0.2) is 9.97 Å². The molecule has 142 valence electrons. The normalized spacial score (nSPS) is 16.0. The van der Waals surface area contributed by atoms with Crippen molar-refractivity contribution in [2.75, 3.05) is 35.8 Å². The lowest BCUT2D eigenvalue weighted by molar-refractivity contribution is 0.376. The number of anilines is 2. The number of hydrogen-bond acceptors (Lipinski definition) is 7. The highest BCUT2D eigenvalue weighted by Gasteiger charge is 2.29. The fourth-order valence-electron chi connectivity index (χ4n) is 2.94. The van der Waals surface area contributed by atoms with E-state index >= 15 is 0 Å². The van der Waals surface area contributed by atoms with Crippen LogP contribution in [0.5, 0.6) is 0 Å². The molecule has 0 aliphatic carbocycles. The molecule has 0 atom stereocenters. The van der Waals surface area contributed by atoms with Crippen LogP contribution in [0.25, 0.3) is 11.2 Å². The van der Waals surface area contributed by atoms with Crippen molar-refractivity contribution in [3.63, 3.8) is 0 Å². The van der Waals surface area contributed by atoms with Crippen LogP contribution in [0.3, 0.4) is 0 Å². The van der Waals surface area contributed by atoms with Crippen molar-refractivity contribution in [1.82, 2.24) is 19.3 Å². The molecular formula is C17H20N6O3S. The zero-order valence-electron chi connectivity index (χ0n) is 14.9. The van der Waals surface area contributed by atoms with E-state index in [9.17, 15) is 8.42 Å². The number of oxazole rings is 1. The number of rotatable bonds is 5. The highest BCUT2D eigenvalue weighted by Crippen LogP contribution is 2.22. The Bertz CT molecular complexity index is 1010. The Morgan fingerprint density at radius 2 is 1.93 bits per heavy atom. The van der Waals surface area contributed by atoms with Gasteiger partial charge < -0.3 is 9.32 Å². The Hall–Kier alpha value is -2.72. The van der Waals surface area contributed by atoms with Crippen molar-refractivity contribution in [2.24, 2.45) is 0 Å². The fourth-order valence-corrected chi connectivity index (χ4v) is 4.09. The van der Waals surface area contributed by atoms with Crippen LogP contribution in [0.15, 0.2) is 40.9 Å². The second-order valence-corrected chi connectivity index (χ2v) is 7.85. The third-order valence-corrected chi connectivity index (χ3v) is 5.92. The molecule has 3 aromatic heterocycles. The number of nitrogens with zero attached hydrogens (tertiary/aromatic N) is 5. The summed E-state index contributed by atoms with van der Waals surface area (Å²) in [6, 6.07) is 9.37. The van der Waals surface area contributed by atoms with Crippen LogP contribution in [0, 0.1) is 0 Å². The van der Waals surface area contributed by atoms with Gasteiger partial charge in [-0.2, -0.15) is 17.7 Å². The lowest BCUT2D eigenvalue weighted by Gasteiger charge is -2.32. The average Bonchev–Trinajstić information content (AvgIpc) is 3.12. The molecule has 9 nitrogen and oxygen atoms in total. The van der Waals surface area contributed by atoms with E-state index in [1.807, 2.05) is 17.9 Å². The number of nitrogens with one attached hydrogen (secondary N) is 1. The highest BCUT2D eigenvalue weighted by molar-refractivity contribution is 7.90. The Balaban J connectivity index is 1.43. The van der Waals surface area contributed by atoms with Crippen molar-refractivity contribution in [3.05, 3.63) is 42.2 Å². The molecule has 0 unspecified atom stereocenters. The van der Waals surface area contributed by atoms with E-state index in [4.69, 9.17) is 4.42 Å². The lowest BCUT2D eigenvalue weighted by atomic mass is 10.3. The number of hydrogen-bond donors (Lipinski definition) is 1. The van der Waals surface area contributed by atoms with E-state index in [0.29, 0.717) is 49.2 Å². The van der Waals surface area contributed by atoms with Gasteiger partial charge in [-0.05, 0) is 30.7 Å². The molecule has 0 spiro atoms. The fraction of sp³-hybridized carbons (Fsp3) is 0.353. The Labute approximate surface area is 157 Å².